The summed E-state index contributed by atoms with van der Waals surface area (Å²) in [5.74, 6) is 1.38. The van der Waals surface area contributed by atoms with Crippen molar-refractivity contribution in [1.82, 2.24) is 14.9 Å². The Morgan fingerprint density at radius 2 is 2.00 bits per heavy atom. The van der Waals surface area contributed by atoms with Crippen molar-refractivity contribution in [3.8, 4) is 0 Å². The van der Waals surface area contributed by atoms with Gasteiger partial charge in [0.1, 0.15) is 5.82 Å². The first-order chi connectivity index (χ1) is 12.2. The van der Waals surface area contributed by atoms with Gasteiger partial charge in [0.2, 0.25) is 5.95 Å². The van der Waals surface area contributed by atoms with E-state index in [1.807, 2.05) is 12.1 Å². The van der Waals surface area contributed by atoms with Crippen LogP contribution in [0.3, 0.4) is 0 Å². The standard InChI is InChI=1S/C17H22BrN5OS/c1-25-14-4-2-13(3-5-14)21-17-20-12-15(18)16(22-17)19-6-7-23-8-10-24-11-9-23/h2-5,12H,6-11H2,1H3,(H2,19,20,21,22). The Balaban J connectivity index is 1.57. The molecule has 2 N–H and O–H groups in total. The van der Waals surface area contributed by atoms with Crippen LogP contribution in [0.25, 0.3) is 0 Å². The van der Waals surface area contributed by atoms with Crippen LogP contribution in [-0.4, -0.2) is 60.5 Å². The van der Waals surface area contributed by atoms with E-state index in [1.165, 1.54) is 4.90 Å². The number of nitrogens with zero attached hydrogens (tertiary/aromatic N) is 3. The summed E-state index contributed by atoms with van der Waals surface area (Å²) in [6, 6.07) is 8.21. The zero-order valence-corrected chi connectivity index (χ0v) is 16.6. The number of anilines is 3. The quantitative estimate of drug-likeness (QED) is 0.661. The van der Waals surface area contributed by atoms with Crippen molar-refractivity contribution in [3.05, 3.63) is 34.9 Å². The van der Waals surface area contributed by atoms with Gasteiger partial charge < -0.3 is 15.4 Å². The molecule has 0 aliphatic carbocycles. The van der Waals surface area contributed by atoms with Gasteiger partial charge in [-0.1, -0.05) is 0 Å². The monoisotopic (exact) mass is 423 g/mol. The number of rotatable bonds is 7. The predicted molar refractivity (Wildman–Crippen MR) is 107 cm³/mol. The first-order valence-corrected chi connectivity index (χ1v) is 10.2. The molecule has 0 saturated carbocycles. The zero-order chi connectivity index (χ0) is 17.5. The topological polar surface area (TPSA) is 62.3 Å². The van der Waals surface area contributed by atoms with Crippen LogP contribution >= 0.6 is 27.7 Å². The Labute approximate surface area is 160 Å². The number of nitrogens with one attached hydrogen (secondary N) is 2. The average Bonchev–Trinajstić information content (AvgIpc) is 2.66. The van der Waals surface area contributed by atoms with Gasteiger partial charge in [0, 0.05) is 43.0 Å². The molecule has 0 atom stereocenters. The minimum absolute atomic E-state index is 0.578. The van der Waals surface area contributed by atoms with Crippen molar-refractivity contribution in [1.29, 1.82) is 0 Å². The lowest BCUT2D eigenvalue weighted by molar-refractivity contribution is 0.0398. The molecule has 1 saturated heterocycles. The van der Waals surface area contributed by atoms with Gasteiger partial charge in [0.25, 0.3) is 0 Å². The van der Waals surface area contributed by atoms with E-state index in [4.69, 9.17) is 4.74 Å². The summed E-state index contributed by atoms with van der Waals surface area (Å²) in [4.78, 5) is 12.5. The Kier molecular flexibility index (Phi) is 6.92. The summed E-state index contributed by atoms with van der Waals surface area (Å²) in [6.45, 7) is 5.42. The van der Waals surface area contributed by atoms with Gasteiger partial charge in [-0.25, -0.2) is 4.98 Å². The van der Waals surface area contributed by atoms with E-state index in [-0.39, 0.29) is 0 Å². The maximum Gasteiger partial charge on any atom is 0.229 e. The molecule has 0 radical (unpaired) electrons. The van der Waals surface area contributed by atoms with Gasteiger partial charge in [0.15, 0.2) is 0 Å². The number of halogens is 1. The molecule has 0 amide bonds. The molecular weight excluding hydrogens is 402 g/mol. The van der Waals surface area contributed by atoms with Gasteiger partial charge in [0.05, 0.1) is 17.7 Å². The number of benzene rings is 1. The second-order valence-electron chi connectivity index (χ2n) is 5.62. The molecular formula is C17H22BrN5OS. The summed E-state index contributed by atoms with van der Waals surface area (Å²) in [5.41, 5.74) is 0.972. The van der Waals surface area contributed by atoms with Crippen LogP contribution in [0.5, 0.6) is 0 Å². The molecule has 1 aromatic carbocycles. The Hall–Kier alpha value is -1.35. The number of aromatic nitrogens is 2. The highest BCUT2D eigenvalue weighted by molar-refractivity contribution is 9.10. The lowest BCUT2D eigenvalue weighted by Gasteiger charge is -2.26. The van der Waals surface area contributed by atoms with Gasteiger partial charge in [-0.3, -0.25) is 4.90 Å². The minimum atomic E-state index is 0.578. The number of ether oxygens (including phenoxy) is 1. The minimum Gasteiger partial charge on any atom is -0.379 e. The Morgan fingerprint density at radius 3 is 2.72 bits per heavy atom. The summed E-state index contributed by atoms with van der Waals surface area (Å²) < 4.78 is 6.23. The molecule has 6 nitrogen and oxygen atoms in total. The number of morpholine rings is 1. The van der Waals surface area contributed by atoms with Crippen LogP contribution in [-0.2, 0) is 4.74 Å². The van der Waals surface area contributed by atoms with E-state index < -0.39 is 0 Å². The van der Waals surface area contributed by atoms with Crippen LogP contribution in [0.2, 0.25) is 0 Å². The van der Waals surface area contributed by atoms with Crippen molar-refractivity contribution >= 4 is 45.1 Å². The van der Waals surface area contributed by atoms with Crippen LogP contribution in [0.4, 0.5) is 17.5 Å². The van der Waals surface area contributed by atoms with Crippen molar-refractivity contribution in [2.45, 2.75) is 4.90 Å². The second-order valence-corrected chi connectivity index (χ2v) is 7.36. The smallest absolute Gasteiger partial charge is 0.229 e. The Morgan fingerprint density at radius 1 is 1.24 bits per heavy atom. The molecule has 8 heteroatoms. The van der Waals surface area contributed by atoms with Crippen molar-refractivity contribution in [2.75, 3.05) is 56.3 Å². The van der Waals surface area contributed by atoms with Gasteiger partial charge >= 0.3 is 0 Å². The zero-order valence-electron chi connectivity index (χ0n) is 14.2. The van der Waals surface area contributed by atoms with E-state index in [0.29, 0.717) is 5.95 Å². The van der Waals surface area contributed by atoms with Crippen LogP contribution in [0.15, 0.2) is 39.8 Å². The van der Waals surface area contributed by atoms with Crippen LogP contribution in [0, 0.1) is 0 Å². The Bertz CT molecular complexity index is 679. The normalized spacial score (nSPS) is 15.1. The largest absolute Gasteiger partial charge is 0.379 e. The van der Waals surface area contributed by atoms with Crippen molar-refractivity contribution in [2.24, 2.45) is 0 Å². The van der Waals surface area contributed by atoms with Gasteiger partial charge in [-0.2, -0.15) is 4.98 Å². The van der Waals surface area contributed by atoms with E-state index in [9.17, 15) is 0 Å². The fraction of sp³-hybridized carbons (Fsp3) is 0.412. The highest BCUT2D eigenvalue weighted by Crippen LogP contribution is 2.23. The molecule has 0 bridgehead atoms. The maximum absolute atomic E-state index is 5.37. The molecule has 1 aliphatic rings. The lowest BCUT2D eigenvalue weighted by atomic mass is 10.3. The van der Waals surface area contributed by atoms with E-state index in [0.717, 1.165) is 55.4 Å². The highest BCUT2D eigenvalue weighted by atomic mass is 79.9. The van der Waals surface area contributed by atoms with Crippen LogP contribution in [0.1, 0.15) is 0 Å². The fourth-order valence-electron chi connectivity index (χ4n) is 2.51. The van der Waals surface area contributed by atoms with Crippen LogP contribution < -0.4 is 10.6 Å². The summed E-state index contributed by atoms with van der Waals surface area (Å²) >= 11 is 5.23. The summed E-state index contributed by atoms with van der Waals surface area (Å²) in [7, 11) is 0. The van der Waals surface area contributed by atoms with Crippen molar-refractivity contribution in [3.63, 3.8) is 0 Å². The van der Waals surface area contributed by atoms with E-state index >= 15 is 0 Å². The lowest BCUT2D eigenvalue weighted by Crippen LogP contribution is -2.39. The average molecular weight is 424 g/mol. The molecule has 1 fully saturated rings. The molecule has 134 valence electrons. The SMILES string of the molecule is CSc1ccc(Nc2ncc(Br)c(NCCN3CCOCC3)n2)cc1. The first kappa shape index (κ1) is 18.4. The number of thioether (sulfide) groups is 1. The third-order valence-corrected chi connectivity index (χ3v) is 5.24. The van der Waals surface area contributed by atoms with Gasteiger partial charge in [-0.05, 0) is 46.5 Å². The first-order valence-electron chi connectivity index (χ1n) is 8.22. The fourth-order valence-corrected chi connectivity index (χ4v) is 3.25. The third kappa shape index (κ3) is 5.57. The van der Waals surface area contributed by atoms with E-state index in [1.54, 1.807) is 18.0 Å². The van der Waals surface area contributed by atoms with Gasteiger partial charge in [-0.15, -0.1) is 11.8 Å². The molecule has 0 unspecified atom stereocenters. The van der Waals surface area contributed by atoms with Crippen molar-refractivity contribution < 1.29 is 4.74 Å². The third-order valence-electron chi connectivity index (χ3n) is 3.91. The summed E-state index contributed by atoms with van der Waals surface area (Å²) in [5, 5.41) is 6.62. The molecule has 2 heterocycles. The highest BCUT2D eigenvalue weighted by Gasteiger charge is 2.10. The number of hydrogen-bond acceptors (Lipinski definition) is 7. The predicted octanol–water partition coefficient (Wildman–Crippen LogP) is 3.45. The molecule has 0 spiro atoms. The molecule has 1 aromatic heterocycles. The maximum atomic E-state index is 5.37. The molecule has 2 aromatic rings. The molecule has 25 heavy (non-hydrogen) atoms. The second kappa shape index (κ2) is 9.38. The summed E-state index contributed by atoms with van der Waals surface area (Å²) in [6.07, 6.45) is 3.83. The molecule has 3 rings (SSSR count). The van der Waals surface area contributed by atoms with E-state index in [2.05, 4.69) is 59.8 Å². The number of hydrogen-bond donors (Lipinski definition) is 2. The molecule has 1 aliphatic heterocycles.